The van der Waals surface area contributed by atoms with E-state index in [0.717, 1.165) is 0 Å². The van der Waals surface area contributed by atoms with Crippen molar-refractivity contribution in [3.8, 4) is 0 Å². The highest BCUT2D eigenvalue weighted by atomic mass is 16.5. The van der Waals surface area contributed by atoms with Crippen molar-refractivity contribution < 1.29 is 24.2 Å². The third-order valence-electron chi connectivity index (χ3n) is 2.51. The van der Waals surface area contributed by atoms with Gasteiger partial charge >= 0.3 is 12.0 Å². The largest absolute Gasteiger partial charge is 0.481 e. The summed E-state index contributed by atoms with van der Waals surface area (Å²) in [6, 6.07) is -0.564. The Morgan fingerprint density at radius 2 is 1.81 bits per heavy atom. The van der Waals surface area contributed by atoms with Gasteiger partial charge in [-0.25, -0.2) is 4.79 Å². The zero-order chi connectivity index (χ0) is 16.3. The number of ether oxygens (including phenoxy) is 1. The third kappa shape index (κ3) is 13.1. The molecular weight excluding hydrogens is 276 g/mol. The van der Waals surface area contributed by atoms with Crippen LogP contribution >= 0.6 is 0 Å². The molecule has 0 aromatic carbocycles. The zero-order valence-corrected chi connectivity index (χ0v) is 13.0. The molecule has 7 nitrogen and oxygen atoms in total. The van der Waals surface area contributed by atoms with Crippen LogP contribution in [-0.2, 0) is 14.3 Å². The minimum absolute atomic E-state index is 0.0111. The first-order valence-electron chi connectivity index (χ1n) is 7.18. The van der Waals surface area contributed by atoms with Crippen LogP contribution in [0.5, 0.6) is 0 Å². The van der Waals surface area contributed by atoms with E-state index in [1.165, 1.54) is 0 Å². The normalized spacial score (nSPS) is 12.0. The number of imide groups is 1. The Morgan fingerprint density at radius 3 is 2.38 bits per heavy atom. The van der Waals surface area contributed by atoms with Gasteiger partial charge in [-0.2, -0.15) is 0 Å². The first kappa shape index (κ1) is 19.4. The molecule has 0 saturated heterocycles. The highest BCUT2D eigenvalue weighted by molar-refractivity contribution is 5.94. The molecule has 0 rings (SSSR count). The molecule has 3 amide bonds. The smallest absolute Gasteiger partial charge is 0.321 e. The van der Waals surface area contributed by atoms with E-state index < -0.39 is 17.9 Å². The number of nitrogens with one attached hydrogen (secondary N) is 2. The summed E-state index contributed by atoms with van der Waals surface area (Å²) < 4.78 is 5.35. The second-order valence-corrected chi connectivity index (χ2v) is 5.53. The Kier molecular flexibility index (Phi) is 10.2. The molecule has 7 heteroatoms. The van der Waals surface area contributed by atoms with Crippen LogP contribution in [0.25, 0.3) is 0 Å². The number of carbonyl (C=O) groups excluding carboxylic acids is 2. The van der Waals surface area contributed by atoms with Crippen LogP contribution < -0.4 is 10.6 Å². The Balaban J connectivity index is 3.64. The number of hydrogen-bond donors (Lipinski definition) is 3. The van der Waals surface area contributed by atoms with Crippen LogP contribution in [0.1, 0.15) is 40.0 Å². The molecule has 0 aliphatic rings. The van der Waals surface area contributed by atoms with E-state index in [0.29, 0.717) is 32.1 Å². The summed E-state index contributed by atoms with van der Waals surface area (Å²) in [4.78, 5) is 33.3. The fourth-order valence-corrected chi connectivity index (χ4v) is 1.60. The number of urea groups is 1. The van der Waals surface area contributed by atoms with Crippen molar-refractivity contribution in [1.82, 2.24) is 10.6 Å². The number of carboxylic acid groups (broad SMARTS) is 1. The van der Waals surface area contributed by atoms with Gasteiger partial charge in [-0.1, -0.05) is 20.8 Å². The van der Waals surface area contributed by atoms with E-state index >= 15 is 0 Å². The van der Waals surface area contributed by atoms with Crippen molar-refractivity contribution in [3.05, 3.63) is 0 Å². The minimum Gasteiger partial charge on any atom is -0.481 e. The molecule has 3 N–H and O–H groups in total. The van der Waals surface area contributed by atoms with Crippen LogP contribution in [-0.4, -0.2) is 42.8 Å². The lowest BCUT2D eigenvalue weighted by atomic mass is 10.0. The first-order valence-corrected chi connectivity index (χ1v) is 7.18. The van der Waals surface area contributed by atoms with E-state index in [2.05, 4.69) is 24.5 Å². The van der Waals surface area contributed by atoms with E-state index in [1.54, 1.807) is 6.92 Å². The lowest BCUT2D eigenvalue weighted by Gasteiger charge is -2.10. The van der Waals surface area contributed by atoms with E-state index in [-0.39, 0.29) is 18.8 Å². The van der Waals surface area contributed by atoms with Crippen molar-refractivity contribution in [2.24, 2.45) is 11.8 Å². The Morgan fingerprint density at radius 1 is 1.14 bits per heavy atom. The van der Waals surface area contributed by atoms with Crippen LogP contribution in [0.15, 0.2) is 0 Å². The summed E-state index contributed by atoms with van der Waals surface area (Å²) in [6.45, 7) is 7.43. The second-order valence-electron chi connectivity index (χ2n) is 5.53. The molecule has 0 bridgehead atoms. The molecule has 0 radical (unpaired) electrons. The predicted molar refractivity (Wildman–Crippen MR) is 77.8 cm³/mol. The standard InChI is InChI=1S/C14H26N2O5/c1-10(2)9-21-6-4-5-15-14(20)16-12(17)7-11(3)8-13(18)19/h10-11H,4-9H2,1-3H3,(H,18,19)(H2,15,16,17,20). The Hall–Kier alpha value is -1.63. The average Bonchev–Trinajstić information content (AvgIpc) is 2.31. The molecule has 1 atom stereocenters. The van der Waals surface area contributed by atoms with E-state index in [1.807, 2.05) is 0 Å². The topological polar surface area (TPSA) is 105 Å². The molecule has 0 aromatic rings. The van der Waals surface area contributed by atoms with Gasteiger partial charge in [0.2, 0.25) is 5.91 Å². The third-order valence-corrected chi connectivity index (χ3v) is 2.51. The van der Waals surface area contributed by atoms with E-state index in [9.17, 15) is 14.4 Å². The van der Waals surface area contributed by atoms with Gasteiger partial charge in [-0.15, -0.1) is 0 Å². The molecule has 0 aromatic heterocycles. The van der Waals surface area contributed by atoms with Gasteiger partial charge in [-0.3, -0.25) is 14.9 Å². The number of carboxylic acids is 1. The molecule has 0 spiro atoms. The summed E-state index contributed by atoms with van der Waals surface area (Å²) in [5.74, 6) is -1.26. The molecule has 1 unspecified atom stereocenters. The molecule has 0 saturated carbocycles. The van der Waals surface area contributed by atoms with Crippen LogP contribution in [0.4, 0.5) is 4.79 Å². The second kappa shape index (κ2) is 11.1. The monoisotopic (exact) mass is 302 g/mol. The van der Waals surface area contributed by atoms with E-state index in [4.69, 9.17) is 9.84 Å². The molecule has 122 valence electrons. The van der Waals surface area contributed by atoms with Gasteiger partial charge in [0.1, 0.15) is 0 Å². The molecule has 21 heavy (non-hydrogen) atoms. The van der Waals surface area contributed by atoms with Gasteiger partial charge in [0.15, 0.2) is 0 Å². The summed E-state index contributed by atoms with van der Waals surface area (Å²) in [7, 11) is 0. The summed E-state index contributed by atoms with van der Waals surface area (Å²) >= 11 is 0. The lowest BCUT2D eigenvalue weighted by molar-refractivity contribution is -0.138. The van der Waals surface area contributed by atoms with Crippen molar-refractivity contribution >= 4 is 17.9 Å². The molecule has 0 aliphatic heterocycles. The first-order chi connectivity index (χ1) is 9.81. The molecular formula is C14H26N2O5. The number of carbonyl (C=O) groups is 3. The van der Waals surface area contributed by atoms with Crippen molar-refractivity contribution in [1.29, 1.82) is 0 Å². The molecule has 0 aliphatic carbocycles. The summed E-state index contributed by atoms with van der Waals surface area (Å²) in [5.41, 5.74) is 0. The van der Waals surface area contributed by atoms with Crippen LogP contribution in [0.2, 0.25) is 0 Å². The summed E-state index contributed by atoms with van der Waals surface area (Å²) in [6.07, 6.45) is 0.587. The summed E-state index contributed by atoms with van der Waals surface area (Å²) in [5, 5.41) is 13.3. The predicted octanol–water partition coefficient (Wildman–Crippen LogP) is 1.38. The van der Waals surface area contributed by atoms with Crippen molar-refractivity contribution in [3.63, 3.8) is 0 Å². The van der Waals surface area contributed by atoms with Crippen molar-refractivity contribution in [2.75, 3.05) is 19.8 Å². The highest BCUT2D eigenvalue weighted by Gasteiger charge is 2.14. The van der Waals surface area contributed by atoms with Crippen molar-refractivity contribution in [2.45, 2.75) is 40.0 Å². The fourth-order valence-electron chi connectivity index (χ4n) is 1.60. The van der Waals surface area contributed by atoms with Gasteiger partial charge in [0.05, 0.1) is 0 Å². The number of amides is 3. The number of hydrogen-bond acceptors (Lipinski definition) is 4. The van der Waals surface area contributed by atoms with Crippen LogP contribution in [0, 0.1) is 11.8 Å². The molecule has 0 heterocycles. The molecule has 0 fully saturated rings. The van der Waals surface area contributed by atoms with Gasteiger partial charge < -0.3 is 15.2 Å². The maximum Gasteiger partial charge on any atom is 0.321 e. The fraction of sp³-hybridized carbons (Fsp3) is 0.786. The van der Waals surface area contributed by atoms with Gasteiger partial charge in [0, 0.05) is 32.6 Å². The lowest BCUT2D eigenvalue weighted by Crippen LogP contribution is -2.40. The maximum atomic E-state index is 11.5. The Labute approximate surface area is 125 Å². The quantitative estimate of drug-likeness (QED) is 0.529. The number of aliphatic carboxylic acids is 1. The highest BCUT2D eigenvalue weighted by Crippen LogP contribution is 2.06. The van der Waals surface area contributed by atoms with Crippen LogP contribution in [0.3, 0.4) is 0 Å². The minimum atomic E-state index is -0.957. The van der Waals surface area contributed by atoms with Gasteiger partial charge in [-0.05, 0) is 18.3 Å². The van der Waals surface area contributed by atoms with Gasteiger partial charge in [0.25, 0.3) is 0 Å². The Bertz CT molecular complexity index is 344. The average molecular weight is 302 g/mol. The maximum absolute atomic E-state index is 11.5. The SMILES string of the molecule is CC(C)COCCCNC(=O)NC(=O)CC(C)CC(=O)O. The zero-order valence-electron chi connectivity index (χ0n) is 13.0. The number of rotatable bonds is 10.